The van der Waals surface area contributed by atoms with Crippen LogP contribution >= 0.6 is 0 Å². The summed E-state index contributed by atoms with van der Waals surface area (Å²) in [6, 6.07) is 0. The molecular weight excluding hydrogens is 172 g/mol. The van der Waals surface area contributed by atoms with Gasteiger partial charge in [0.15, 0.2) is 0 Å². The molecular formula is C10H17F2N. The molecule has 1 unspecified atom stereocenters. The Labute approximate surface area is 77.9 Å². The quantitative estimate of drug-likeness (QED) is 0.617. The number of hydrogen-bond donors (Lipinski definition) is 1. The van der Waals surface area contributed by atoms with Gasteiger partial charge in [-0.25, -0.2) is 8.78 Å². The normalized spacial score (nSPS) is 39.2. The summed E-state index contributed by atoms with van der Waals surface area (Å²) < 4.78 is 27.4. The number of halogens is 2. The molecule has 2 fully saturated rings. The molecule has 0 bridgehead atoms. The van der Waals surface area contributed by atoms with Crippen LogP contribution in [-0.4, -0.2) is 19.0 Å². The van der Waals surface area contributed by atoms with Crippen LogP contribution in [0.4, 0.5) is 8.78 Å². The van der Waals surface area contributed by atoms with Crippen LogP contribution < -0.4 is 5.32 Å². The predicted octanol–water partition coefficient (Wildman–Crippen LogP) is 2.57. The van der Waals surface area contributed by atoms with Crippen molar-refractivity contribution in [2.75, 3.05) is 13.1 Å². The standard InChI is InChI=1S/C10H17F2N/c11-10(12)6-2-1-4-9(10)5-3-7-13-8-9/h13H,1-8H2. The SMILES string of the molecule is FC1(F)CCCCC12CCCNC2. The minimum atomic E-state index is -2.42. The zero-order valence-electron chi connectivity index (χ0n) is 7.91. The third-order valence-electron chi connectivity index (χ3n) is 3.64. The Morgan fingerprint density at radius 1 is 0.923 bits per heavy atom. The van der Waals surface area contributed by atoms with Gasteiger partial charge in [-0.05, 0) is 32.2 Å². The van der Waals surface area contributed by atoms with Gasteiger partial charge in [0.1, 0.15) is 0 Å². The molecule has 0 radical (unpaired) electrons. The zero-order chi connectivity index (χ0) is 9.36. The highest BCUT2D eigenvalue weighted by Gasteiger charge is 2.54. The maximum absolute atomic E-state index is 13.7. The van der Waals surface area contributed by atoms with Gasteiger partial charge in [0.2, 0.25) is 0 Å². The number of piperidine rings is 1. The fourth-order valence-corrected chi connectivity index (χ4v) is 2.75. The highest BCUT2D eigenvalue weighted by atomic mass is 19.3. The Morgan fingerprint density at radius 2 is 1.62 bits per heavy atom. The maximum Gasteiger partial charge on any atom is 0.254 e. The Kier molecular flexibility index (Phi) is 2.30. The minimum Gasteiger partial charge on any atom is -0.316 e. The highest BCUT2D eigenvalue weighted by molar-refractivity contribution is 4.98. The molecule has 1 nitrogen and oxygen atoms in total. The lowest BCUT2D eigenvalue weighted by atomic mass is 9.67. The van der Waals surface area contributed by atoms with E-state index >= 15 is 0 Å². The highest BCUT2D eigenvalue weighted by Crippen LogP contribution is 2.51. The Bertz CT molecular complexity index is 177. The van der Waals surface area contributed by atoms with Crippen LogP contribution in [0.3, 0.4) is 0 Å². The topological polar surface area (TPSA) is 12.0 Å². The summed E-state index contributed by atoms with van der Waals surface area (Å²) in [5, 5.41) is 3.12. The molecule has 1 spiro atoms. The van der Waals surface area contributed by atoms with Crippen molar-refractivity contribution in [1.29, 1.82) is 0 Å². The summed E-state index contributed by atoms with van der Waals surface area (Å²) in [7, 11) is 0. The summed E-state index contributed by atoms with van der Waals surface area (Å²) in [6.45, 7) is 1.44. The molecule has 13 heavy (non-hydrogen) atoms. The molecule has 2 rings (SSSR count). The molecule has 1 atom stereocenters. The first-order valence-corrected chi connectivity index (χ1v) is 5.25. The van der Waals surface area contributed by atoms with Gasteiger partial charge < -0.3 is 5.32 Å². The van der Waals surface area contributed by atoms with Gasteiger partial charge in [-0.15, -0.1) is 0 Å². The van der Waals surface area contributed by atoms with Crippen molar-refractivity contribution in [2.45, 2.75) is 44.4 Å². The minimum absolute atomic E-state index is 0.106. The Hall–Kier alpha value is -0.180. The van der Waals surface area contributed by atoms with Crippen LogP contribution in [0.2, 0.25) is 0 Å². The lowest BCUT2D eigenvalue weighted by Crippen LogP contribution is -2.53. The van der Waals surface area contributed by atoms with E-state index in [2.05, 4.69) is 5.32 Å². The summed E-state index contributed by atoms with van der Waals surface area (Å²) >= 11 is 0. The van der Waals surface area contributed by atoms with Crippen LogP contribution in [0.5, 0.6) is 0 Å². The average molecular weight is 189 g/mol. The Balaban J connectivity index is 2.16. The third-order valence-corrected chi connectivity index (χ3v) is 3.64. The summed E-state index contributed by atoms with van der Waals surface area (Å²) in [5.41, 5.74) is -0.691. The average Bonchev–Trinajstić information content (AvgIpc) is 2.12. The third kappa shape index (κ3) is 1.47. The van der Waals surface area contributed by atoms with Crippen LogP contribution in [0.15, 0.2) is 0 Å². The van der Waals surface area contributed by atoms with E-state index in [-0.39, 0.29) is 6.42 Å². The second kappa shape index (κ2) is 3.19. The van der Waals surface area contributed by atoms with Crippen molar-refractivity contribution in [3.05, 3.63) is 0 Å². The number of alkyl halides is 2. The molecule has 1 saturated heterocycles. The first-order valence-electron chi connectivity index (χ1n) is 5.25. The van der Waals surface area contributed by atoms with E-state index in [9.17, 15) is 8.78 Å². The van der Waals surface area contributed by atoms with Crippen LogP contribution in [0, 0.1) is 5.41 Å². The van der Waals surface area contributed by atoms with Crippen molar-refractivity contribution < 1.29 is 8.78 Å². The zero-order valence-corrected chi connectivity index (χ0v) is 7.91. The van der Waals surface area contributed by atoms with Crippen molar-refractivity contribution in [2.24, 2.45) is 5.41 Å². The van der Waals surface area contributed by atoms with Crippen LogP contribution in [-0.2, 0) is 0 Å². The molecule has 3 heteroatoms. The van der Waals surface area contributed by atoms with E-state index in [1.165, 1.54) is 0 Å². The fraction of sp³-hybridized carbons (Fsp3) is 1.00. The molecule has 1 aliphatic heterocycles. The maximum atomic E-state index is 13.7. The van der Waals surface area contributed by atoms with Crippen LogP contribution in [0.25, 0.3) is 0 Å². The molecule has 0 aromatic heterocycles. The predicted molar refractivity (Wildman–Crippen MR) is 48.0 cm³/mol. The monoisotopic (exact) mass is 189 g/mol. The van der Waals surface area contributed by atoms with Gasteiger partial charge in [0, 0.05) is 18.4 Å². The van der Waals surface area contributed by atoms with Gasteiger partial charge in [0.05, 0.1) is 0 Å². The molecule has 2 aliphatic rings. The smallest absolute Gasteiger partial charge is 0.254 e. The molecule has 0 amide bonds. The van der Waals surface area contributed by atoms with E-state index < -0.39 is 11.3 Å². The first kappa shape index (κ1) is 9.38. The molecule has 1 heterocycles. The van der Waals surface area contributed by atoms with Gasteiger partial charge in [0.25, 0.3) is 5.92 Å². The molecule has 1 saturated carbocycles. The largest absolute Gasteiger partial charge is 0.316 e. The molecule has 1 N–H and O–H groups in total. The van der Waals surface area contributed by atoms with Crippen molar-refractivity contribution >= 4 is 0 Å². The second-order valence-corrected chi connectivity index (χ2v) is 4.47. The van der Waals surface area contributed by atoms with Crippen molar-refractivity contribution in [3.63, 3.8) is 0 Å². The van der Waals surface area contributed by atoms with E-state index in [1.807, 2.05) is 0 Å². The van der Waals surface area contributed by atoms with Gasteiger partial charge in [-0.2, -0.15) is 0 Å². The van der Waals surface area contributed by atoms with E-state index in [4.69, 9.17) is 0 Å². The van der Waals surface area contributed by atoms with E-state index in [1.54, 1.807) is 0 Å². The number of hydrogen-bond acceptors (Lipinski definition) is 1. The summed E-state index contributed by atoms with van der Waals surface area (Å²) in [4.78, 5) is 0. The summed E-state index contributed by atoms with van der Waals surface area (Å²) in [6.07, 6.45) is 4.14. The lowest BCUT2D eigenvalue weighted by molar-refractivity contribution is -0.158. The molecule has 0 aromatic carbocycles. The number of nitrogens with one attached hydrogen (secondary N) is 1. The van der Waals surface area contributed by atoms with E-state index in [0.717, 1.165) is 19.4 Å². The van der Waals surface area contributed by atoms with Crippen molar-refractivity contribution in [3.8, 4) is 0 Å². The molecule has 0 aromatic rings. The second-order valence-electron chi connectivity index (χ2n) is 4.47. The number of rotatable bonds is 0. The summed E-state index contributed by atoms with van der Waals surface area (Å²) in [5.74, 6) is -2.42. The first-order chi connectivity index (χ1) is 6.16. The molecule has 76 valence electrons. The van der Waals surface area contributed by atoms with Crippen molar-refractivity contribution in [1.82, 2.24) is 5.32 Å². The van der Waals surface area contributed by atoms with Gasteiger partial charge >= 0.3 is 0 Å². The molecule has 1 aliphatic carbocycles. The van der Waals surface area contributed by atoms with Crippen LogP contribution in [0.1, 0.15) is 38.5 Å². The van der Waals surface area contributed by atoms with E-state index in [0.29, 0.717) is 25.8 Å². The van der Waals surface area contributed by atoms with Gasteiger partial charge in [-0.1, -0.05) is 6.42 Å². The lowest BCUT2D eigenvalue weighted by Gasteiger charge is -2.46. The van der Waals surface area contributed by atoms with Gasteiger partial charge in [-0.3, -0.25) is 0 Å². The fourth-order valence-electron chi connectivity index (χ4n) is 2.75. The Morgan fingerprint density at radius 3 is 2.23 bits per heavy atom.